The van der Waals surface area contributed by atoms with Gasteiger partial charge in [0.25, 0.3) is 0 Å². The van der Waals surface area contributed by atoms with Crippen molar-refractivity contribution in [1.29, 1.82) is 0 Å². The van der Waals surface area contributed by atoms with Crippen LogP contribution in [0.2, 0.25) is 0 Å². The van der Waals surface area contributed by atoms with Crippen molar-refractivity contribution < 1.29 is 4.79 Å². The minimum Gasteiger partial charge on any atom is -0.351 e. The zero-order valence-electron chi connectivity index (χ0n) is 10.6. The Hall–Kier alpha value is -0.960. The summed E-state index contributed by atoms with van der Waals surface area (Å²) in [5.41, 5.74) is 1.15. The van der Waals surface area contributed by atoms with Crippen molar-refractivity contribution >= 4 is 17.7 Å². The van der Waals surface area contributed by atoms with E-state index in [0.29, 0.717) is 6.54 Å². The van der Waals surface area contributed by atoms with Gasteiger partial charge in [0.05, 0.1) is 5.25 Å². The number of carbonyl (C=O) groups is 1. The highest BCUT2D eigenvalue weighted by molar-refractivity contribution is 8.00. The Bertz CT molecular complexity index is 326. The van der Waals surface area contributed by atoms with Gasteiger partial charge in [-0.3, -0.25) is 4.79 Å². The Morgan fingerprint density at radius 1 is 1.35 bits per heavy atom. The molecule has 0 aromatic heterocycles. The molecule has 1 unspecified atom stereocenters. The van der Waals surface area contributed by atoms with Crippen LogP contribution >= 0.6 is 11.8 Å². The standard InChI is InChI=1S/C14H21NOS/c1-3-4-10-17-12(2)14(16)15-11-13-8-6-5-7-9-13/h5-9,12H,3-4,10-11H2,1-2H3,(H,15,16). The van der Waals surface area contributed by atoms with Crippen molar-refractivity contribution in [2.45, 2.75) is 38.5 Å². The fraction of sp³-hybridized carbons (Fsp3) is 0.500. The fourth-order valence-corrected chi connectivity index (χ4v) is 2.45. The van der Waals surface area contributed by atoms with Crippen molar-refractivity contribution in [3.8, 4) is 0 Å². The highest BCUT2D eigenvalue weighted by Gasteiger charge is 2.11. The lowest BCUT2D eigenvalue weighted by Crippen LogP contribution is -2.30. The SMILES string of the molecule is CCCCSC(C)C(=O)NCc1ccccc1. The summed E-state index contributed by atoms with van der Waals surface area (Å²) in [6, 6.07) is 10.0. The number of nitrogens with one attached hydrogen (secondary N) is 1. The van der Waals surface area contributed by atoms with Crippen LogP contribution in [0.1, 0.15) is 32.3 Å². The molecule has 3 heteroatoms. The quantitative estimate of drug-likeness (QED) is 0.754. The molecule has 0 aliphatic carbocycles. The van der Waals surface area contributed by atoms with E-state index < -0.39 is 0 Å². The molecule has 1 atom stereocenters. The molecule has 0 saturated heterocycles. The summed E-state index contributed by atoms with van der Waals surface area (Å²) < 4.78 is 0. The molecule has 2 nitrogen and oxygen atoms in total. The summed E-state index contributed by atoms with van der Waals surface area (Å²) in [5.74, 6) is 1.20. The third-order valence-electron chi connectivity index (χ3n) is 2.54. The van der Waals surface area contributed by atoms with E-state index in [2.05, 4.69) is 12.2 Å². The maximum absolute atomic E-state index is 11.8. The van der Waals surface area contributed by atoms with Gasteiger partial charge in [-0.1, -0.05) is 43.7 Å². The number of rotatable bonds is 7. The van der Waals surface area contributed by atoms with Gasteiger partial charge in [-0.05, 0) is 24.7 Å². The van der Waals surface area contributed by atoms with Crippen molar-refractivity contribution in [2.75, 3.05) is 5.75 Å². The lowest BCUT2D eigenvalue weighted by atomic mass is 10.2. The number of hydrogen-bond donors (Lipinski definition) is 1. The smallest absolute Gasteiger partial charge is 0.233 e. The molecule has 0 saturated carbocycles. The molecule has 0 spiro atoms. The molecule has 1 amide bonds. The number of hydrogen-bond acceptors (Lipinski definition) is 2. The zero-order chi connectivity index (χ0) is 12.5. The van der Waals surface area contributed by atoms with Crippen LogP contribution in [0.5, 0.6) is 0 Å². The first-order valence-corrected chi connectivity index (χ1v) is 7.22. The second-order valence-electron chi connectivity index (χ2n) is 4.07. The van der Waals surface area contributed by atoms with Crippen molar-refractivity contribution in [3.63, 3.8) is 0 Å². The van der Waals surface area contributed by atoms with Crippen LogP contribution in [0.15, 0.2) is 30.3 Å². The van der Waals surface area contributed by atoms with Crippen molar-refractivity contribution in [1.82, 2.24) is 5.32 Å². The molecule has 0 fully saturated rings. The van der Waals surface area contributed by atoms with Crippen LogP contribution in [0.3, 0.4) is 0 Å². The molecular weight excluding hydrogens is 230 g/mol. The molecule has 0 heterocycles. The number of carbonyl (C=O) groups excluding carboxylic acids is 1. The van der Waals surface area contributed by atoms with Crippen LogP contribution in [0, 0.1) is 0 Å². The molecule has 1 aromatic carbocycles. The molecule has 0 aliphatic rings. The topological polar surface area (TPSA) is 29.1 Å². The van der Waals surface area contributed by atoms with Crippen LogP contribution < -0.4 is 5.32 Å². The Balaban J connectivity index is 2.24. The summed E-state index contributed by atoms with van der Waals surface area (Å²) in [6.07, 6.45) is 2.37. The van der Waals surface area contributed by atoms with Gasteiger partial charge in [-0.2, -0.15) is 0 Å². The van der Waals surface area contributed by atoms with Gasteiger partial charge in [-0.15, -0.1) is 11.8 Å². The average molecular weight is 251 g/mol. The van der Waals surface area contributed by atoms with Gasteiger partial charge in [0, 0.05) is 6.54 Å². The summed E-state index contributed by atoms with van der Waals surface area (Å²) >= 11 is 1.73. The summed E-state index contributed by atoms with van der Waals surface area (Å²) in [7, 11) is 0. The summed E-state index contributed by atoms with van der Waals surface area (Å²) in [4.78, 5) is 11.8. The van der Waals surface area contributed by atoms with E-state index in [-0.39, 0.29) is 11.2 Å². The van der Waals surface area contributed by atoms with E-state index in [1.165, 1.54) is 12.8 Å². The van der Waals surface area contributed by atoms with E-state index in [9.17, 15) is 4.79 Å². The minimum absolute atomic E-state index is 0.0465. The Labute approximate surface area is 108 Å². The molecule has 0 radical (unpaired) electrons. The van der Waals surface area contributed by atoms with Crippen LogP contribution in [0.25, 0.3) is 0 Å². The third-order valence-corrected chi connectivity index (χ3v) is 3.78. The molecule has 1 N–H and O–H groups in total. The van der Waals surface area contributed by atoms with Crippen LogP contribution in [-0.2, 0) is 11.3 Å². The maximum atomic E-state index is 11.8. The molecule has 0 aliphatic heterocycles. The van der Waals surface area contributed by atoms with E-state index in [4.69, 9.17) is 0 Å². The highest BCUT2D eigenvalue weighted by atomic mass is 32.2. The zero-order valence-corrected chi connectivity index (χ0v) is 11.4. The average Bonchev–Trinajstić information content (AvgIpc) is 2.37. The summed E-state index contributed by atoms with van der Waals surface area (Å²) in [5, 5.41) is 3.01. The Morgan fingerprint density at radius 2 is 2.06 bits per heavy atom. The molecule has 17 heavy (non-hydrogen) atoms. The lowest BCUT2D eigenvalue weighted by Gasteiger charge is -2.11. The number of unbranched alkanes of at least 4 members (excludes halogenated alkanes) is 1. The largest absolute Gasteiger partial charge is 0.351 e. The van der Waals surface area contributed by atoms with E-state index >= 15 is 0 Å². The lowest BCUT2D eigenvalue weighted by molar-refractivity contribution is -0.120. The van der Waals surface area contributed by atoms with Gasteiger partial charge >= 0.3 is 0 Å². The molecule has 0 bridgehead atoms. The van der Waals surface area contributed by atoms with Crippen LogP contribution in [-0.4, -0.2) is 16.9 Å². The maximum Gasteiger partial charge on any atom is 0.233 e. The van der Waals surface area contributed by atoms with E-state index in [0.717, 1.165) is 11.3 Å². The van der Waals surface area contributed by atoms with Gasteiger partial charge in [0.15, 0.2) is 0 Å². The first-order chi connectivity index (χ1) is 8.24. The first kappa shape index (κ1) is 14.1. The number of thioether (sulfide) groups is 1. The van der Waals surface area contributed by atoms with Crippen LogP contribution in [0.4, 0.5) is 0 Å². The minimum atomic E-state index is 0.0465. The second kappa shape index (κ2) is 8.18. The summed E-state index contributed by atoms with van der Waals surface area (Å²) in [6.45, 7) is 4.76. The molecule has 94 valence electrons. The van der Waals surface area contributed by atoms with Gasteiger partial charge in [0.1, 0.15) is 0 Å². The second-order valence-corrected chi connectivity index (χ2v) is 5.52. The number of benzene rings is 1. The van der Waals surface area contributed by atoms with E-state index in [1.54, 1.807) is 11.8 Å². The van der Waals surface area contributed by atoms with Crippen molar-refractivity contribution in [2.24, 2.45) is 0 Å². The van der Waals surface area contributed by atoms with Crippen molar-refractivity contribution in [3.05, 3.63) is 35.9 Å². The monoisotopic (exact) mass is 251 g/mol. The first-order valence-electron chi connectivity index (χ1n) is 6.17. The molecular formula is C14H21NOS. The molecule has 1 aromatic rings. The van der Waals surface area contributed by atoms with Gasteiger partial charge in [0.2, 0.25) is 5.91 Å². The van der Waals surface area contributed by atoms with Gasteiger partial charge in [-0.25, -0.2) is 0 Å². The Morgan fingerprint density at radius 3 is 2.71 bits per heavy atom. The number of amides is 1. The molecule has 1 rings (SSSR count). The Kier molecular flexibility index (Phi) is 6.78. The predicted octanol–water partition coefficient (Wildman–Crippen LogP) is 3.22. The fourth-order valence-electron chi connectivity index (χ4n) is 1.41. The highest BCUT2D eigenvalue weighted by Crippen LogP contribution is 2.12. The normalized spacial score (nSPS) is 12.1. The third kappa shape index (κ3) is 5.78. The van der Waals surface area contributed by atoms with E-state index in [1.807, 2.05) is 37.3 Å². The predicted molar refractivity (Wildman–Crippen MR) is 75.1 cm³/mol. The van der Waals surface area contributed by atoms with Gasteiger partial charge < -0.3 is 5.32 Å².